The van der Waals surface area contributed by atoms with Crippen molar-refractivity contribution < 1.29 is 0 Å². The highest BCUT2D eigenvalue weighted by atomic mass is 16.2. The summed E-state index contributed by atoms with van der Waals surface area (Å²) in [5.41, 5.74) is 4.24. The van der Waals surface area contributed by atoms with Crippen molar-refractivity contribution in [1.29, 1.82) is 0 Å². The van der Waals surface area contributed by atoms with Gasteiger partial charge in [-0.3, -0.25) is 9.78 Å². The maximum atomic E-state index is 11.2. The second kappa shape index (κ2) is 4.26. The van der Waals surface area contributed by atoms with Gasteiger partial charge in [-0.2, -0.15) is 0 Å². The molecule has 0 amide bonds. The van der Waals surface area contributed by atoms with Gasteiger partial charge in [0.25, 0.3) is 5.56 Å². The van der Waals surface area contributed by atoms with Crippen LogP contribution in [0.25, 0.3) is 0 Å². The van der Waals surface area contributed by atoms with E-state index in [2.05, 4.69) is 20.5 Å². The van der Waals surface area contributed by atoms with E-state index >= 15 is 0 Å². The first-order valence-corrected chi connectivity index (χ1v) is 4.57. The molecule has 0 saturated carbocycles. The van der Waals surface area contributed by atoms with Gasteiger partial charge < -0.3 is 11.1 Å². The fourth-order valence-electron chi connectivity index (χ4n) is 0.863. The maximum absolute atomic E-state index is 11.2. The lowest BCUT2D eigenvalue weighted by Gasteiger charge is -2.22. The summed E-state index contributed by atoms with van der Waals surface area (Å²) >= 11 is 0. The Kier molecular flexibility index (Phi) is 3.25. The molecule has 0 saturated heterocycles. The molecule has 0 radical (unpaired) electrons. The van der Waals surface area contributed by atoms with E-state index in [0.717, 1.165) is 0 Å². The monoisotopic (exact) mass is 213 g/mol. The standard InChI is InChI=1S/C8H15N5O2/c1-8(2,3-9)4-10-5-6(14)11-7(15)13-12-5/h3-4,9H2,1-2H3,(H,10,12)(H2,11,13,14,15). The number of aromatic nitrogens is 3. The Balaban J connectivity index is 2.75. The summed E-state index contributed by atoms with van der Waals surface area (Å²) in [6.45, 7) is 4.91. The van der Waals surface area contributed by atoms with E-state index < -0.39 is 11.2 Å². The fraction of sp³-hybridized carbons (Fsp3) is 0.625. The Morgan fingerprint density at radius 3 is 2.67 bits per heavy atom. The van der Waals surface area contributed by atoms with Crippen LogP contribution in [0, 0.1) is 5.41 Å². The predicted octanol–water partition coefficient (Wildman–Crippen LogP) is -1.14. The summed E-state index contributed by atoms with van der Waals surface area (Å²) in [7, 11) is 0. The molecule has 0 bridgehead atoms. The van der Waals surface area contributed by atoms with Crippen LogP contribution in [0.3, 0.4) is 0 Å². The first-order chi connectivity index (χ1) is 6.94. The molecule has 0 fully saturated rings. The smallest absolute Gasteiger partial charge is 0.342 e. The molecule has 84 valence electrons. The van der Waals surface area contributed by atoms with Crippen molar-refractivity contribution in [2.75, 3.05) is 18.4 Å². The number of hydrogen-bond donors (Lipinski definition) is 4. The number of anilines is 1. The number of H-pyrrole nitrogens is 2. The zero-order valence-corrected chi connectivity index (χ0v) is 8.76. The van der Waals surface area contributed by atoms with Crippen molar-refractivity contribution >= 4 is 5.82 Å². The minimum atomic E-state index is -0.622. The van der Waals surface area contributed by atoms with Crippen LogP contribution in [0.15, 0.2) is 9.59 Å². The van der Waals surface area contributed by atoms with Crippen LogP contribution in [0.5, 0.6) is 0 Å². The third kappa shape index (κ3) is 3.21. The Bertz CT molecular complexity index is 433. The van der Waals surface area contributed by atoms with Crippen LogP contribution < -0.4 is 22.3 Å². The van der Waals surface area contributed by atoms with Gasteiger partial charge in [-0.25, -0.2) is 9.89 Å². The van der Waals surface area contributed by atoms with Crippen LogP contribution >= 0.6 is 0 Å². The van der Waals surface area contributed by atoms with Gasteiger partial charge in [0.15, 0.2) is 0 Å². The molecule has 0 unspecified atom stereocenters. The first-order valence-electron chi connectivity index (χ1n) is 4.57. The minimum Gasteiger partial charge on any atom is -0.363 e. The second-order valence-electron chi connectivity index (χ2n) is 4.08. The Morgan fingerprint density at radius 2 is 2.13 bits per heavy atom. The molecule has 1 heterocycles. The van der Waals surface area contributed by atoms with Gasteiger partial charge in [-0.1, -0.05) is 13.8 Å². The molecule has 1 rings (SSSR count). The molecule has 7 heteroatoms. The number of nitrogens with one attached hydrogen (secondary N) is 3. The average Bonchev–Trinajstić information content (AvgIpc) is 2.16. The van der Waals surface area contributed by atoms with Gasteiger partial charge in [0.1, 0.15) is 0 Å². The molecule has 0 aliphatic heterocycles. The quantitative estimate of drug-likeness (QED) is 0.504. The molecule has 0 aliphatic rings. The van der Waals surface area contributed by atoms with Crippen molar-refractivity contribution in [1.82, 2.24) is 15.2 Å². The number of aromatic amines is 2. The Hall–Kier alpha value is -1.63. The van der Waals surface area contributed by atoms with Gasteiger partial charge in [0.05, 0.1) is 0 Å². The minimum absolute atomic E-state index is 0.0936. The van der Waals surface area contributed by atoms with Crippen LogP contribution in [0.2, 0.25) is 0 Å². The van der Waals surface area contributed by atoms with Gasteiger partial charge in [0, 0.05) is 6.54 Å². The van der Waals surface area contributed by atoms with Crippen LogP contribution in [-0.2, 0) is 0 Å². The molecule has 1 aromatic rings. The molecule has 5 N–H and O–H groups in total. The van der Waals surface area contributed by atoms with Crippen LogP contribution in [0.1, 0.15) is 13.8 Å². The van der Waals surface area contributed by atoms with Crippen molar-refractivity contribution in [2.24, 2.45) is 11.1 Å². The van der Waals surface area contributed by atoms with Crippen molar-refractivity contribution in [3.63, 3.8) is 0 Å². The highest BCUT2D eigenvalue weighted by Gasteiger charge is 2.16. The van der Waals surface area contributed by atoms with Crippen LogP contribution in [0.4, 0.5) is 5.82 Å². The molecule has 0 atom stereocenters. The zero-order valence-electron chi connectivity index (χ0n) is 8.76. The van der Waals surface area contributed by atoms with E-state index in [1.54, 1.807) is 0 Å². The van der Waals surface area contributed by atoms with E-state index in [4.69, 9.17) is 5.73 Å². The third-order valence-corrected chi connectivity index (χ3v) is 2.00. The maximum Gasteiger partial charge on any atom is 0.342 e. The van der Waals surface area contributed by atoms with E-state index in [1.165, 1.54) is 0 Å². The van der Waals surface area contributed by atoms with Gasteiger partial charge >= 0.3 is 5.69 Å². The highest BCUT2D eigenvalue weighted by molar-refractivity contribution is 5.28. The molecular weight excluding hydrogens is 198 g/mol. The van der Waals surface area contributed by atoms with Crippen molar-refractivity contribution in [3.8, 4) is 0 Å². The fourth-order valence-corrected chi connectivity index (χ4v) is 0.863. The average molecular weight is 213 g/mol. The first kappa shape index (κ1) is 11.4. The van der Waals surface area contributed by atoms with E-state index in [-0.39, 0.29) is 11.2 Å². The largest absolute Gasteiger partial charge is 0.363 e. The number of hydrogen-bond acceptors (Lipinski definition) is 5. The summed E-state index contributed by atoms with van der Waals surface area (Å²) in [4.78, 5) is 24.0. The summed E-state index contributed by atoms with van der Waals surface area (Å²) in [6.07, 6.45) is 0. The second-order valence-corrected chi connectivity index (χ2v) is 4.08. The van der Waals surface area contributed by atoms with Gasteiger partial charge in [0.2, 0.25) is 5.82 Å². The number of nitrogens with two attached hydrogens (primary N) is 1. The molecule has 1 aromatic heterocycles. The van der Waals surface area contributed by atoms with E-state index in [9.17, 15) is 9.59 Å². The molecule has 0 spiro atoms. The number of nitrogens with zero attached hydrogens (tertiary/aromatic N) is 1. The SMILES string of the molecule is CC(C)(CN)CNc1n[nH]c(=O)[nH]c1=O. The Morgan fingerprint density at radius 1 is 1.47 bits per heavy atom. The van der Waals surface area contributed by atoms with Crippen LogP contribution in [-0.4, -0.2) is 28.3 Å². The topological polar surface area (TPSA) is 117 Å². The van der Waals surface area contributed by atoms with Crippen molar-refractivity contribution in [2.45, 2.75) is 13.8 Å². The van der Waals surface area contributed by atoms with Gasteiger partial charge in [-0.15, -0.1) is 5.10 Å². The normalized spacial score (nSPS) is 11.4. The third-order valence-electron chi connectivity index (χ3n) is 2.00. The molecule has 0 aliphatic carbocycles. The lowest BCUT2D eigenvalue weighted by Crippen LogP contribution is -2.34. The van der Waals surface area contributed by atoms with Gasteiger partial charge in [-0.05, 0) is 12.0 Å². The summed E-state index contributed by atoms with van der Waals surface area (Å²) in [6, 6.07) is 0. The molecule has 15 heavy (non-hydrogen) atoms. The summed E-state index contributed by atoms with van der Waals surface area (Å²) < 4.78 is 0. The molecular formula is C8H15N5O2. The lowest BCUT2D eigenvalue weighted by atomic mass is 9.94. The Labute approximate surface area is 86.1 Å². The van der Waals surface area contributed by atoms with E-state index in [1.807, 2.05) is 13.8 Å². The predicted molar refractivity (Wildman–Crippen MR) is 56.8 cm³/mol. The summed E-state index contributed by atoms with van der Waals surface area (Å²) in [5.74, 6) is 0.0936. The zero-order chi connectivity index (χ0) is 11.5. The number of rotatable bonds is 4. The lowest BCUT2D eigenvalue weighted by molar-refractivity contribution is 0.405. The molecule has 0 aromatic carbocycles. The summed E-state index contributed by atoms with van der Waals surface area (Å²) in [5, 5.41) is 8.55. The highest BCUT2D eigenvalue weighted by Crippen LogP contribution is 2.11. The van der Waals surface area contributed by atoms with E-state index in [0.29, 0.717) is 13.1 Å². The molecule has 7 nitrogen and oxygen atoms in total. The van der Waals surface area contributed by atoms with Crippen molar-refractivity contribution in [3.05, 3.63) is 20.8 Å².